The Morgan fingerprint density at radius 2 is 0.692 bits per heavy atom. The maximum absolute atomic E-state index is 12.0. The lowest BCUT2D eigenvalue weighted by molar-refractivity contribution is -0.314. The number of hydrogen-bond acceptors (Lipinski definition) is 53. The van der Waals surface area contributed by atoms with E-state index >= 15 is 0 Å². The SMILES string of the molecule is Nc1ncnc2c1ncn2COCCOP(=S)(S)OP(=O)(O)C(Cl)(Cl)P(=O)(O)O.Nc1ncnc2c1ncn2COCCOP(=S)(S)OP(=O)(O)CP(=O)(O)O.Nc1ncnc2c1ncn2COCCOP(=S)(S)OP(=O)(O)OP(=O)(O)O.Nc1ncnc2c1ncn2COCCOP1(=S)SCCS1.O=P([O-])(O)CP(=O)([O-])O.O=P([O-])(O)OP(=O)([O-])O.O=P([O-])([O-])C(Cl)(Cl)P(=O)(O)O. The van der Waals surface area contributed by atoms with Gasteiger partial charge in [0.15, 0.2) is 56.4 Å². The van der Waals surface area contributed by atoms with Crippen molar-refractivity contribution in [2.24, 2.45) is 0 Å². The monoisotopic (exact) mass is 2460 g/mol. The average Bonchev–Trinajstić information content (AvgIpc) is 1.79. The van der Waals surface area contributed by atoms with E-state index in [0.29, 0.717) is 70.4 Å². The summed E-state index contributed by atoms with van der Waals surface area (Å²) in [6, 6.07) is 0. The van der Waals surface area contributed by atoms with Gasteiger partial charge in [0.25, 0.3) is 32.7 Å². The summed E-state index contributed by atoms with van der Waals surface area (Å²) in [5.74, 6) is 0.242. The van der Waals surface area contributed by atoms with E-state index in [1.165, 1.54) is 48.9 Å². The Bertz CT molecular complexity index is 5840. The molecule has 10 atom stereocenters. The first-order valence-corrected chi connectivity index (χ1v) is 70.4. The highest BCUT2D eigenvalue weighted by Crippen LogP contribution is 2.81. The van der Waals surface area contributed by atoms with E-state index in [4.69, 9.17) is 189 Å². The van der Waals surface area contributed by atoms with E-state index < -0.39 is 133 Å². The summed E-state index contributed by atoms with van der Waals surface area (Å²) in [4.78, 5) is 234. The number of nitrogens with zero attached hydrogens (tertiary/aromatic N) is 16. The molecule has 1 fully saturated rings. The van der Waals surface area contributed by atoms with E-state index in [-0.39, 0.29) is 77.3 Å². The third-order valence-corrected chi connectivity index (χ3v) is 54.7. The van der Waals surface area contributed by atoms with Gasteiger partial charge in [0, 0.05) is 11.5 Å². The largest absolute Gasteiger partial charge is 0.808 e. The van der Waals surface area contributed by atoms with Crippen LogP contribution in [-0.2, 0) is 188 Å². The van der Waals surface area contributed by atoms with Crippen molar-refractivity contribution in [3.8, 4) is 0 Å². The minimum atomic E-state index is -5.72. The van der Waals surface area contributed by atoms with E-state index in [1.807, 2.05) is 0 Å². The highest BCUT2D eigenvalue weighted by Gasteiger charge is 2.61. The molecule has 0 saturated carbocycles. The van der Waals surface area contributed by atoms with Crippen LogP contribution in [0.25, 0.3) is 44.7 Å². The summed E-state index contributed by atoms with van der Waals surface area (Å²) in [7, 11) is -62.2. The molecule has 66 nitrogen and oxygen atoms in total. The summed E-state index contributed by atoms with van der Waals surface area (Å²) in [5.41, 5.74) is 15.7. The molecule has 8 aromatic rings. The van der Waals surface area contributed by atoms with Crippen molar-refractivity contribution >= 4 is 335 Å². The van der Waals surface area contributed by atoms with Crippen LogP contribution in [0.4, 0.5) is 23.3 Å². The number of alkyl halides is 4. The molecule has 9 rings (SSSR count). The van der Waals surface area contributed by atoms with Gasteiger partial charge in [0.2, 0.25) is 3.82 Å². The second kappa shape index (κ2) is 53.1. The van der Waals surface area contributed by atoms with Crippen LogP contribution in [-0.4, -0.2) is 235 Å². The van der Waals surface area contributed by atoms with Gasteiger partial charge in [-0.25, -0.2) is 86.2 Å². The van der Waals surface area contributed by atoms with Crippen molar-refractivity contribution < 1.29 is 216 Å². The number of aromatic nitrogens is 16. The van der Waals surface area contributed by atoms with E-state index in [9.17, 15) is 98.8 Å². The summed E-state index contributed by atoms with van der Waals surface area (Å²) in [5, 5.41) is 0. The van der Waals surface area contributed by atoms with Crippen molar-refractivity contribution in [1.82, 2.24) is 78.1 Å². The molecule has 1 saturated heterocycles. The Balaban J connectivity index is 0.000000416. The van der Waals surface area contributed by atoms with Crippen LogP contribution in [0, 0.1) is 0 Å². The Hall–Kier alpha value is 0.310. The topological polar surface area (TPSA) is 1050 Å². The van der Waals surface area contributed by atoms with Crippen LogP contribution < -0.4 is 52.3 Å². The maximum atomic E-state index is 12.0. The molecule has 8 aromatic heterocycles. The second-order valence-electron chi connectivity index (χ2n) is 22.9. The fraction of sp³-hybridized carbons (Fsp3) is 0.474. The van der Waals surface area contributed by atoms with Gasteiger partial charge in [0.05, 0.1) is 84.1 Å². The first-order chi connectivity index (χ1) is 60.0. The molecule has 0 amide bonds. The number of rotatable bonds is 42. The number of imidazole rings is 4. The fourth-order valence-corrected chi connectivity index (χ4v) is 38.8. The van der Waals surface area contributed by atoms with Gasteiger partial charge in [-0.3, -0.25) is 50.2 Å². The first-order valence-electron chi connectivity index (χ1n) is 32.1. The number of phosphoric acid groups is 4. The van der Waals surface area contributed by atoms with Gasteiger partial charge < -0.3 is 176 Å². The normalized spacial score (nSPS) is 17.9. The number of nitrogens with two attached hydrogens (primary N) is 4. The molecule has 9 heterocycles. The predicted molar refractivity (Wildman–Crippen MR) is 484 cm³/mol. The highest BCUT2D eigenvalue weighted by molar-refractivity contribution is 9.00. The second-order valence-corrected chi connectivity index (χ2v) is 75.5. The van der Waals surface area contributed by atoms with Crippen LogP contribution in [0.2, 0.25) is 0 Å². The zero-order valence-electron chi connectivity index (χ0n) is 64.2. The number of fused-ring (bicyclic) bond motifs is 4. The molecule has 1 aliphatic rings. The minimum Gasteiger partial charge on any atom is -0.808 e. The van der Waals surface area contributed by atoms with Gasteiger partial charge in [0.1, 0.15) is 89.5 Å². The van der Waals surface area contributed by atoms with Crippen molar-refractivity contribution in [3.05, 3.63) is 50.6 Å². The van der Waals surface area contributed by atoms with E-state index in [2.05, 4.69) is 141 Å². The van der Waals surface area contributed by atoms with Crippen molar-refractivity contribution in [2.45, 2.75) is 34.6 Å². The van der Waals surface area contributed by atoms with E-state index in [1.54, 1.807) is 42.8 Å². The molecule has 0 radical (unpaired) electrons. The standard InChI is InChI=1S/C10H14N5O2PS3.C9H14Cl2N5O8P3S2.C9H16N5O8P3S2.C8H14N5O9P3S2.CH4Cl2O6P2.CH6O6P2.H4O7P2/c11-9-8-10(13-5-12-9)15(6-14-8)7-16-1-2-17-18(19)20-3-4-21-18;10-9(11,25(17,18)19)26(20,21)24-27(28,29)23-2-1-22-5-16-4-15-6-7(12)13-3-14-8(6)16;10-8-7-9(12-3-11-8)14(4-13-7)5-20-1-2-21-25(26,27)22-24(18,19)6-23(15,16)17;9-7-6-8(11-3-10-7)13(4-12-6)5-19-1-2-20-25(26,27)22-24(17,18)21-23(14,15)16;2-1(3,10(4,5)6)11(7,8)9;2-8(3,4)1-9(5,6)7;1-8(2,3)7-9(4,5)6/h5-6H,1-4,7H2,(H2,11,12,13);3-4H,1-2,5H2,(H,20,21)(H,28,29)(H2,12,13,14)(H2,17,18,19);3-4H,1-2,5-6H2,(H,18,19)(H,26,27)(H2,10,11,12)(H2,15,16,17);3-4H,1-2,5H2,(H,17,18)(H,26,27)(H2,9,10,11)(H2,14,15,16);(H2,4,5,6)(H2,7,8,9);1H2,(H2,2,3,4)(H2,5,6,7);(H2,1,2,3)(H2,4,5,6)/p-6. The lowest BCUT2D eigenvalue weighted by Gasteiger charge is -2.40. The van der Waals surface area contributed by atoms with Crippen LogP contribution in [0.5, 0.6) is 0 Å². The third-order valence-electron chi connectivity index (χ3n) is 12.3. The first kappa shape index (κ1) is 127. The number of thiol groups is 3. The van der Waals surface area contributed by atoms with Gasteiger partial charge in [-0.15, -0.1) is 0 Å². The summed E-state index contributed by atoms with van der Waals surface area (Å²) < 4.78 is 186. The predicted octanol–water partition coefficient (Wildman–Crippen LogP) is 0.923. The van der Waals surface area contributed by atoms with Crippen LogP contribution in [0.15, 0.2) is 50.6 Å². The summed E-state index contributed by atoms with van der Waals surface area (Å²) >= 11 is 54.7. The minimum absolute atomic E-state index is 0.00971. The van der Waals surface area contributed by atoms with Crippen molar-refractivity contribution in [1.29, 1.82) is 0 Å². The van der Waals surface area contributed by atoms with Gasteiger partial charge in [-0.2, -0.15) is 4.31 Å². The van der Waals surface area contributed by atoms with Crippen molar-refractivity contribution in [2.75, 3.05) is 99.1 Å². The smallest absolute Gasteiger partial charge is 0.487 e. The van der Waals surface area contributed by atoms with Gasteiger partial charge in [-0.1, -0.05) is 106 Å². The molecule has 10 unspecified atom stereocenters. The molecular weight excluding hydrogens is 2400 g/mol. The van der Waals surface area contributed by atoms with Gasteiger partial charge in [-0.05, 0) is 54.8 Å². The zero-order chi connectivity index (χ0) is 102. The van der Waals surface area contributed by atoms with Crippen molar-refractivity contribution in [3.63, 3.8) is 0 Å². The molecular formula is C38H66Cl4N20O46P16S9-6. The van der Waals surface area contributed by atoms with Crippen LogP contribution in [0.3, 0.4) is 0 Å². The molecule has 133 heavy (non-hydrogen) atoms. The molecule has 95 heteroatoms. The Labute approximate surface area is 806 Å². The molecule has 0 spiro atoms. The molecule has 0 bridgehead atoms. The van der Waals surface area contributed by atoms with Crippen LogP contribution >= 0.6 is 220 Å². The molecule has 0 aromatic carbocycles. The molecule has 0 aliphatic carbocycles. The quantitative estimate of drug-likeness (QED) is 0.0109. The highest BCUT2D eigenvalue weighted by atomic mass is 35.5. The number of hydrogen-bond donors (Lipinski definition) is 22. The number of ether oxygens (including phenoxy) is 4. The lowest BCUT2D eigenvalue weighted by Crippen LogP contribution is -2.29. The zero-order valence-corrected chi connectivity index (χ0v) is 89.1. The summed E-state index contributed by atoms with van der Waals surface area (Å²) in [6.07, 6.45) is 11.2. The Kier molecular flexibility index (Phi) is 50.9. The third kappa shape index (κ3) is 48.5. The van der Waals surface area contributed by atoms with Crippen LogP contribution in [0.1, 0.15) is 0 Å². The number of anilines is 4. The molecule has 23 N–H and O–H groups in total. The fourth-order valence-electron chi connectivity index (χ4n) is 7.52. The number of halogens is 4. The Morgan fingerprint density at radius 3 is 0.932 bits per heavy atom. The number of nitrogen functional groups attached to an aromatic ring is 4. The lowest BCUT2D eigenvalue weighted by atomic mass is 10.5. The summed E-state index contributed by atoms with van der Waals surface area (Å²) in [6.45, 7) is 0.794. The van der Waals surface area contributed by atoms with E-state index in [0.717, 1.165) is 11.5 Å². The molecule has 762 valence electrons. The average molecular weight is 2470 g/mol. The molecule has 1 aliphatic heterocycles. The maximum Gasteiger partial charge on any atom is 0.487 e. The Morgan fingerprint density at radius 1 is 0.406 bits per heavy atom. The van der Waals surface area contributed by atoms with Gasteiger partial charge >= 0.3 is 57.4 Å².